The third kappa shape index (κ3) is 4.10. The van der Waals surface area contributed by atoms with Crippen molar-refractivity contribution in [2.24, 2.45) is 11.8 Å². The lowest BCUT2D eigenvalue weighted by Crippen LogP contribution is -2.58. The Morgan fingerprint density at radius 3 is 2.62 bits per heavy atom. The van der Waals surface area contributed by atoms with Gasteiger partial charge in [0, 0.05) is 25.2 Å². The van der Waals surface area contributed by atoms with Gasteiger partial charge in [-0.15, -0.1) is 0 Å². The van der Waals surface area contributed by atoms with Crippen molar-refractivity contribution in [3.05, 3.63) is 29.0 Å². The highest BCUT2D eigenvalue weighted by Gasteiger charge is 2.31. The van der Waals surface area contributed by atoms with Gasteiger partial charge in [-0.05, 0) is 36.5 Å². The fourth-order valence-electron chi connectivity index (χ4n) is 3.15. The largest absolute Gasteiger partial charge is 0.364 e. The molecule has 1 heterocycles. The highest BCUT2D eigenvalue weighted by atomic mass is 35.5. The fraction of sp³-hybridized carbons (Fsp3) is 0.647. The second-order valence-corrected chi connectivity index (χ2v) is 7.20. The molecule has 0 bridgehead atoms. The van der Waals surface area contributed by atoms with Crippen LogP contribution in [0.1, 0.15) is 34.1 Å². The van der Waals surface area contributed by atoms with Crippen LogP contribution in [0.3, 0.4) is 0 Å². The molecular formula is C17H26ClFN2. The molecule has 0 aromatic heterocycles. The maximum absolute atomic E-state index is 13.3. The molecule has 2 unspecified atom stereocenters. The number of hydrogen-bond acceptors (Lipinski definition) is 2. The molecule has 1 aromatic rings. The van der Waals surface area contributed by atoms with E-state index in [2.05, 4.69) is 37.9 Å². The molecule has 0 radical (unpaired) electrons. The number of halogens is 2. The third-order valence-corrected chi connectivity index (χ3v) is 4.48. The van der Waals surface area contributed by atoms with Crippen LogP contribution in [0, 0.1) is 17.7 Å². The number of benzene rings is 1. The number of hydrogen-bond donors (Lipinski definition) is 1. The second kappa shape index (κ2) is 6.97. The van der Waals surface area contributed by atoms with E-state index in [1.165, 1.54) is 12.1 Å². The number of anilines is 1. The van der Waals surface area contributed by atoms with Crippen LogP contribution in [0.4, 0.5) is 10.1 Å². The molecule has 1 fully saturated rings. The van der Waals surface area contributed by atoms with E-state index < -0.39 is 0 Å². The zero-order chi connectivity index (χ0) is 15.6. The molecular weight excluding hydrogens is 287 g/mol. The van der Waals surface area contributed by atoms with Crippen LogP contribution in [0.2, 0.25) is 5.02 Å². The van der Waals surface area contributed by atoms with E-state index in [0.717, 1.165) is 25.2 Å². The van der Waals surface area contributed by atoms with Crippen LogP contribution >= 0.6 is 11.6 Å². The van der Waals surface area contributed by atoms with Crippen molar-refractivity contribution >= 4 is 17.3 Å². The Kier molecular flexibility index (Phi) is 5.50. The number of nitrogens with zero attached hydrogens (tertiary/aromatic N) is 1. The molecule has 1 N–H and O–H groups in total. The van der Waals surface area contributed by atoms with Gasteiger partial charge in [-0.1, -0.05) is 39.3 Å². The van der Waals surface area contributed by atoms with Crippen molar-refractivity contribution in [1.29, 1.82) is 0 Å². The molecule has 1 aliphatic rings. The van der Waals surface area contributed by atoms with E-state index in [0.29, 0.717) is 28.9 Å². The maximum Gasteiger partial charge on any atom is 0.124 e. The second-order valence-electron chi connectivity index (χ2n) is 6.79. The molecule has 1 aliphatic heterocycles. The normalized spacial score (nSPS) is 23.1. The summed E-state index contributed by atoms with van der Waals surface area (Å²) in [7, 11) is 0. The zero-order valence-electron chi connectivity index (χ0n) is 13.4. The minimum Gasteiger partial charge on any atom is -0.364 e. The molecule has 0 amide bonds. The minimum atomic E-state index is -0.279. The number of nitrogens with one attached hydrogen (secondary N) is 1. The van der Waals surface area contributed by atoms with Crippen LogP contribution in [0.5, 0.6) is 0 Å². The first kappa shape index (κ1) is 16.6. The predicted molar refractivity (Wildman–Crippen MR) is 88.6 cm³/mol. The van der Waals surface area contributed by atoms with Gasteiger partial charge >= 0.3 is 0 Å². The minimum absolute atomic E-state index is 0.279. The Morgan fingerprint density at radius 1 is 1.33 bits per heavy atom. The summed E-state index contributed by atoms with van der Waals surface area (Å²) in [5.41, 5.74) is 0.951. The van der Waals surface area contributed by atoms with Crippen LogP contribution in [-0.2, 0) is 0 Å². The van der Waals surface area contributed by atoms with Crippen LogP contribution in [0.15, 0.2) is 18.2 Å². The standard InChI is InChI=1S/C17H26ClFN2/c1-11(2)7-14-10-21(17(9-20-14)12(3)4)16-6-5-13(19)8-15(16)18/h5-6,8,11-12,14,17,20H,7,9-10H2,1-4H3. The fourth-order valence-corrected chi connectivity index (χ4v) is 3.42. The van der Waals surface area contributed by atoms with Gasteiger partial charge in [0.05, 0.1) is 10.7 Å². The molecule has 2 atom stereocenters. The summed E-state index contributed by atoms with van der Waals surface area (Å²) >= 11 is 6.28. The van der Waals surface area contributed by atoms with Gasteiger partial charge in [-0.2, -0.15) is 0 Å². The van der Waals surface area contributed by atoms with Crippen molar-refractivity contribution in [2.45, 2.75) is 46.2 Å². The van der Waals surface area contributed by atoms with Gasteiger partial charge in [0.25, 0.3) is 0 Å². The molecule has 1 saturated heterocycles. The van der Waals surface area contributed by atoms with Crippen molar-refractivity contribution < 1.29 is 4.39 Å². The molecule has 2 rings (SSSR count). The van der Waals surface area contributed by atoms with Crippen molar-refractivity contribution in [2.75, 3.05) is 18.0 Å². The first-order valence-electron chi connectivity index (χ1n) is 7.83. The first-order chi connectivity index (χ1) is 9.88. The van der Waals surface area contributed by atoms with Gasteiger partial charge in [-0.3, -0.25) is 0 Å². The topological polar surface area (TPSA) is 15.3 Å². The SMILES string of the molecule is CC(C)CC1CN(c2ccc(F)cc2Cl)C(C(C)C)CN1. The molecule has 21 heavy (non-hydrogen) atoms. The molecule has 0 aliphatic carbocycles. The molecule has 0 saturated carbocycles. The van der Waals surface area contributed by atoms with Gasteiger partial charge in [0.15, 0.2) is 0 Å². The first-order valence-corrected chi connectivity index (χ1v) is 8.21. The van der Waals surface area contributed by atoms with Gasteiger partial charge in [-0.25, -0.2) is 4.39 Å². The lowest BCUT2D eigenvalue weighted by Gasteiger charge is -2.44. The average Bonchev–Trinajstić information content (AvgIpc) is 2.37. The van der Waals surface area contributed by atoms with Crippen molar-refractivity contribution in [3.8, 4) is 0 Å². The Labute approximate surface area is 132 Å². The summed E-state index contributed by atoms with van der Waals surface area (Å²) in [6.45, 7) is 10.8. The summed E-state index contributed by atoms with van der Waals surface area (Å²) in [4.78, 5) is 2.36. The van der Waals surface area contributed by atoms with Crippen molar-refractivity contribution in [1.82, 2.24) is 5.32 Å². The average molecular weight is 313 g/mol. The van der Waals surface area contributed by atoms with Crippen LogP contribution < -0.4 is 10.2 Å². The summed E-state index contributed by atoms with van der Waals surface area (Å²) in [6.07, 6.45) is 1.14. The summed E-state index contributed by atoms with van der Waals surface area (Å²) < 4.78 is 13.3. The summed E-state index contributed by atoms with van der Waals surface area (Å²) in [5.74, 6) is 0.890. The summed E-state index contributed by atoms with van der Waals surface area (Å²) in [5, 5.41) is 4.16. The summed E-state index contributed by atoms with van der Waals surface area (Å²) in [6, 6.07) is 5.56. The van der Waals surface area contributed by atoms with E-state index in [1.54, 1.807) is 0 Å². The quantitative estimate of drug-likeness (QED) is 0.890. The van der Waals surface area contributed by atoms with E-state index in [9.17, 15) is 4.39 Å². The zero-order valence-corrected chi connectivity index (χ0v) is 14.1. The van der Waals surface area contributed by atoms with Gasteiger partial charge in [0.1, 0.15) is 5.82 Å². The lowest BCUT2D eigenvalue weighted by atomic mass is 9.94. The Balaban J connectivity index is 2.25. The predicted octanol–water partition coefficient (Wildman–Crippen LogP) is 4.33. The van der Waals surface area contributed by atoms with Crippen LogP contribution in [0.25, 0.3) is 0 Å². The van der Waals surface area contributed by atoms with E-state index in [1.807, 2.05) is 6.07 Å². The number of piperazine rings is 1. The van der Waals surface area contributed by atoms with E-state index in [4.69, 9.17) is 11.6 Å². The van der Waals surface area contributed by atoms with Gasteiger partial charge < -0.3 is 10.2 Å². The van der Waals surface area contributed by atoms with E-state index in [-0.39, 0.29) is 5.82 Å². The maximum atomic E-state index is 13.3. The lowest BCUT2D eigenvalue weighted by molar-refractivity contribution is 0.310. The van der Waals surface area contributed by atoms with Gasteiger partial charge in [0.2, 0.25) is 0 Å². The third-order valence-electron chi connectivity index (χ3n) is 4.18. The van der Waals surface area contributed by atoms with Crippen LogP contribution in [-0.4, -0.2) is 25.2 Å². The molecule has 118 valence electrons. The van der Waals surface area contributed by atoms with Crippen molar-refractivity contribution in [3.63, 3.8) is 0 Å². The molecule has 0 spiro atoms. The Bertz CT molecular complexity index is 476. The smallest absolute Gasteiger partial charge is 0.124 e. The Hall–Kier alpha value is -0.800. The molecule has 4 heteroatoms. The number of rotatable bonds is 4. The highest BCUT2D eigenvalue weighted by molar-refractivity contribution is 6.33. The molecule has 1 aromatic carbocycles. The van der Waals surface area contributed by atoms with E-state index >= 15 is 0 Å². The monoisotopic (exact) mass is 312 g/mol. The molecule has 2 nitrogen and oxygen atoms in total. The Morgan fingerprint density at radius 2 is 2.05 bits per heavy atom. The highest BCUT2D eigenvalue weighted by Crippen LogP contribution is 2.31.